The molecule has 0 radical (unpaired) electrons. The van der Waals surface area contributed by atoms with E-state index >= 15 is 0 Å². The first-order chi connectivity index (χ1) is 9.28. The van der Waals surface area contributed by atoms with Gasteiger partial charge < -0.3 is 20.1 Å². The lowest BCUT2D eigenvalue weighted by molar-refractivity contribution is 0.0393. The minimum Gasteiger partial charge on any atom is -0.481 e. The van der Waals surface area contributed by atoms with Crippen LogP contribution < -0.4 is 15.4 Å². The van der Waals surface area contributed by atoms with Crippen molar-refractivity contribution in [3.8, 4) is 5.88 Å². The molecule has 2 heterocycles. The first-order valence-electron chi connectivity index (χ1n) is 6.74. The van der Waals surface area contributed by atoms with Crippen molar-refractivity contribution in [3.05, 3.63) is 11.8 Å². The normalized spacial score (nSPS) is 16.3. The van der Waals surface area contributed by atoms with Crippen LogP contribution in [0.5, 0.6) is 5.88 Å². The van der Waals surface area contributed by atoms with Gasteiger partial charge >= 0.3 is 0 Å². The van der Waals surface area contributed by atoms with Crippen molar-refractivity contribution in [1.82, 2.24) is 15.3 Å². The number of nitrogens with one attached hydrogen (secondary N) is 2. The largest absolute Gasteiger partial charge is 0.481 e. The van der Waals surface area contributed by atoms with Gasteiger partial charge in [0.05, 0.1) is 19.8 Å². The van der Waals surface area contributed by atoms with Crippen molar-refractivity contribution in [2.24, 2.45) is 0 Å². The molecule has 1 aromatic heterocycles. The van der Waals surface area contributed by atoms with E-state index in [-0.39, 0.29) is 0 Å². The van der Waals surface area contributed by atoms with Crippen molar-refractivity contribution in [3.63, 3.8) is 0 Å². The quantitative estimate of drug-likeness (QED) is 0.748. The minimum absolute atomic E-state index is 0.385. The summed E-state index contributed by atoms with van der Waals surface area (Å²) in [4.78, 5) is 8.52. The highest BCUT2D eigenvalue weighted by atomic mass is 16.5. The van der Waals surface area contributed by atoms with E-state index in [0.29, 0.717) is 31.1 Å². The zero-order valence-electron chi connectivity index (χ0n) is 11.6. The van der Waals surface area contributed by atoms with Crippen LogP contribution in [0, 0.1) is 6.92 Å². The van der Waals surface area contributed by atoms with Crippen LogP contribution in [-0.4, -0.2) is 49.4 Å². The molecule has 6 heteroatoms. The predicted octanol–water partition coefficient (Wildman–Crippen LogP) is 0.974. The van der Waals surface area contributed by atoms with E-state index in [9.17, 15) is 0 Å². The van der Waals surface area contributed by atoms with Gasteiger partial charge in [0.25, 0.3) is 0 Å². The van der Waals surface area contributed by atoms with Crippen LogP contribution in [0.3, 0.4) is 0 Å². The van der Waals surface area contributed by atoms with Gasteiger partial charge in [-0.25, -0.2) is 4.98 Å². The summed E-state index contributed by atoms with van der Waals surface area (Å²) < 4.78 is 10.9. The average molecular weight is 266 g/mol. The molecule has 0 amide bonds. The van der Waals surface area contributed by atoms with Crippen molar-refractivity contribution >= 4 is 5.95 Å². The average Bonchev–Trinajstić information content (AvgIpc) is 2.44. The number of piperidine rings is 1. The molecule has 0 aromatic carbocycles. The predicted molar refractivity (Wildman–Crippen MR) is 73.7 cm³/mol. The molecule has 106 valence electrons. The van der Waals surface area contributed by atoms with Gasteiger partial charge in [-0.15, -0.1) is 0 Å². The molecular weight excluding hydrogens is 244 g/mol. The molecular formula is C13H22N4O2. The fourth-order valence-electron chi connectivity index (χ4n) is 2.07. The number of anilines is 1. The number of aromatic nitrogens is 2. The Bertz CT molecular complexity index is 394. The van der Waals surface area contributed by atoms with Crippen molar-refractivity contribution in [2.75, 3.05) is 38.7 Å². The second kappa shape index (κ2) is 7.25. The first-order valence-corrected chi connectivity index (χ1v) is 6.74. The topological polar surface area (TPSA) is 68.3 Å². The molecule has 1 fully saturated rings. The monoisotopic (exact) mass is 266 g/mol. The molecule has 0 bridgehead atoms. The van der Waals surface area contributed by atoms with E-state index in [0.717, 1.165) is 31.6 Å². The molecule has 2 N–H and O–H groups in total. The van der Waals surface area contributed by atoms with Crippen molar-refractivity contribution in [1.29, 1.82) is 0 Å². The van der Waals surface area contributed by atoms with Crippen LogP contribution in [0.15, 0.2) is 6.07 Å². The van der Waals surface area contributed by atoms with Gasteiger partial charge in [-0.2, -0.15) is 4.98 Å². The van der Waals surface area contributed by atoms with Crippen LogP contribution in [0.4, 0.5) is 5.95 Å². The molecule has 0 spiro atoms. The third-order valence-electron chi connectivity index (χ3n) is 3.06. The van der Waals surface area contributed by atoms with E-state index in [4.69, 9.17) is 9.47 Å². The Labute approximate surface area is 113 Å². The fraction of sp³-hybridized carbons (Fsp3) is 0.692. The highest BCUT2D eigenvalue weighted by molar-refractivity contribution is 5.30. The number of methoxy groups -OCH3 is 1. The molecule has 19 heavy (non-hydrogen) atoms. The number of rotatable bonds is 6. The number of hydrogen-bond donors (Lipinski definition) is 2. The molecule has 0 unspecified atom stereocenters. The third kappa shape index (κ3) is 4.65. The molecule has 0 aliphatic carbocycles. The summed E-state index contributed by atoms with van der Waals surface area (Å²) in [5.41, 5.74) is 0.883. The Hall–Kier alpha value is -1.40. The maximum Gasteiger partial charge on any atom is 0.226 e. The molecule has 1 aliphatic rings. The van der Waals surface area contributed by atoms with E-state index in [1.54, 1.807) is 13.2 Å². The Balaban J connectivity index is 1.71. The molecule has 0 atom stereocenters. The molecule has 1 saturated heterocycles. The SMILES string of the molecule is COc1cc(C)nc(NCCOC2CCNCC2)n1. The Kier molecular flexibility index (Phi) is 5.35. The van der Waals surface area contributed by atoms with E-state index < -0.39 is 0 Å². The van der Waals surface area contributed by atoms with Crippen molar-refractivity contribution in [2.45, 2.75) is 25.9 Å². The highest BCUT2D eigenvalue weighted by Gasteiger charge is 2.12. The van der Waals surface area contributed by atoms with Gasteiger partial charge in [-0.1, -0.05) is 0 Å². The molecule has 0 saturated carbocycles. The van der Waals surface area contributed by atoms with Crippen LogP contribution in [0.2, 0.25) is 0 Å². The van der Waals surface area contributed by atoms with Gasteiger partial charge in [-0.3, -0.25) is 0 Å². The summed E-state index contributed by atoms with van der Waals surface area (Å²) in [6.45, 7) is 5.40. The lowest BCUT2D eigenvalue weighted by Crippen LogP contribution is -2.33. The minimum atomic E-state index is 0.385. The summed E-state index contributed by atoms with van der Waals surface area (Å²) in [7, 11) is 1.60. The van der Waals surface area contributed by atoms with Gasteiger partial charge in [0.1, 0.15) is 0 Å². The van der Waals surface area contributed by atoms with Crippen LogP contribution in [0.25, 0.3) is 0 Å². The van der Waals surface area contributed by atoms with Crippen LogP contribution in [0.1, 0.15) is 18.5 Å². The summed E-state index contributed by atoms with van der Waals surface area (Å²) in [5.74, 6) is 1.17. The Morgan fingerprint density at radius 2 is 2.16 bits per heavy atom. The van der Waals surface area contributed by atoms with Gasteiger partial charge in [0.15, 0.2) is 0 Å². The number of nitrogens with zero attached hydrogens (tertiary/aromatic N) is 2. The van der Waals surface area contributed by atoms with Gasteiger partial charge in [-0.05, 0) is 32.9 Å². The zero-order valence-corrected chi connectivity index (χ0v) is 11.6. The lowest BCUT2D eigenvalue weighted by Gasteiger charge is -2.22. The zero-order chi connectivity index (χ0) is 13.5. The Morgan fingerprint density at radius 1 is 1.37 bits per heavy atom. The highest BCUT2D eigenvalue weighted by Crippen LogP contribution is 2.11. The second-order valence-corrected chi connectivity index (χ2v) is 4.62. The lowest BCUT2D eigenvalue weighted by atomic mass is 10.1. The van der Waals surface area contributed by atoms with Crippen molar-refractivity contribution < 1.29 is 9.47 Å². The smallest absolute Gasteiger partial charge is 0.226 e. The van der Waals surface area contributed by atoms with Gasteiger partial charge in [0.2, 0.25) is 11.8 Å². The number of aryl methyl sites for hydroxylation is 1. The maximum atomic E-state index is 5.80. The van der Waals surface area contributed by atoms with Crippen LogP contribution >= 0.6 is 0 Å². The molecule has 6 nitrogen and oxygen atoms in total. The number of hydrogen-bond acceptors (Lipinski definition) is 6. The van der Waals surface area contributed by atoms with Gasteiger partial charge in [0, 0.05) is 18.3 Å². The Morgan fingerprint density at radius 3 is 2.89 bits per heavy atom. The first kappa shape index (κ1) is 14.0. The standard InChI is InChI=1S/C13H22N4O2/c1-10-9-12(18-2)17-13(16-10)15-7-8-19-11-3-5-14-6-4-11/h9,11,14H,3-8H2,1-2H3,(H,15,16,17). The molecule has 1 aromatic rings. The summed E-state index contributed by atoms with van der Waals surface area (Å²) >= 11 is 0. The second-order valence-electron chi connectivity index (χ2n) is 4.62. The van der Waals surface area contributed by atoms with Crippen LogP contribution in [-0.2, 0) is 4.74 Å². The molecule has 2 rings (SSSR count). The van der Waals surface area contributed by atoms with E-state index in [1.807, 2.05) is 6.92 Å². The van der Waals surface area contributed by atoms with E-state index in [1.165, 1.54) is 0 Å². The summed E-state index contributed by atoms with van der Waals surface area (Å²) in [6, 6.07) is 1.80. The fourth-order valence-corrected chi connectivity index (χ4v) is 2.07. The third-order valence-corrected chi connectivity index (χ3v) is 3.06. The summed E-state index contributed by atoms with van der Waals surface area (Å²) in [5, 5.41) is 6.48. The molecule has 1 aliphatic heterocycles. The maximum absolute atomic E-state index is 5.80. The number of ether oxygens (including phenoxy) is 2. The van der Waals surface area contributed by atoms with E-state index in [2.05, 4.69) is 20.6 Å². The summed E-state index contributed by atoms with van der Waals surface area (Å²) in [6.07, 6.45) is 2.57.